The maximum Gasteiger partial charge on any atom is 0.145 e. The fraction of sp³-hybridized carbons (Fsp3) is 0.0545. The van der Waals surface area contributed by atoms with Crippen molar-refractivity contribution in [2.45, 2.75) is 19.3 Å². The number of para-hydroxylation sites is 3. The first-order chi connectivity index (χ1) is 41.9. The average molecular weight is 775 g/mol. The lowest BCUT2D eigenvalue weighted by Gasteiger charge is -2.30. The summed E-state index contributed by atoms with van der Waals surface area (Å²) in [5.74, 6) is 0. The molecule has 0 aliphatic heterocycles. The standard InChI is InChI=1S/C55H38N2O/c1-55(2)45-26-9-5-23-43(45)52-46(55)27-15-30-49(52)57(37-19-14-18-36(34-37)56-47-28-10-6-21-40(47)41-22-7-11-29-48(41)56)50-33-32-42(39-25-13-17-35-16-3-4-20-38(35)39)54-53(50)44-24-8-12-31-51(44)58-54/h3-34H,1-2H3/i3D,4D,5D,6D,7D,8D,9D,10D,11D,12D,13D,14D,15D,16D,17D,18D,19D,20D,21D,22D,23D,24D,25D,26D,27D,28D,29D,30D,31D,32D,33D,34D. The van der Waals surface area contributed by atoms with Crippen LogP contribution in [0.3, 0.4) is 0 Å². The fourth-order valence-electron chi connectivity index (χ4n) is 7.70. The molecule has 0 saturated carbocycles. The molecule has 1 aliphatic rings. The van der Waals surface area contributed by atoms with Crippen molar-refractivity contribution in [2.75, 3.05) is 4.90 Å². The first-order valence-corrected chi connectivity index (χ1v) is 17.5. The van der Waals surface area contributed by atoms with Gasteiger partial charge in [-0.05, 0) is 87.4 Å². The predicted octanol–water partition coefficient (Wildman–Crippen LogP) is 15.3. The van der Waals surface area contributed by atoms with Crippen LogP contribution in [0.2, 0.25) is 0 Å². The minimum Gasteiger partial charge on any atom is -0.455 e. The highest BCUT2D eigenvalue weighted by Gasteiger charge is 2.38. The monoisotopic (exact) mass is 774 g/mol. The third kappa shape index (κ3) is 4.62. The molecule has 2 heterocycles. The third-order valence-electron chi connectivity index (χ3n) is 10.2. The van der Waals surface area contributed by atoms with Gasteiger partial charge < -0.3 is 13.9 Å². The zero-order valence-corrected chi connectivity index (χ0v) is 29.8. The Morgan fingerprint density at radius 1 is 0.500 bits per heavy atom. The summed E-state index contributed by atoms with van der Waals surface area (Å²) in [5, 5.41) is -4.13. The Labute approximate surface area is 381 Å². The van der Waals surface area contributed by atoms with Gasteiger partial charge >= 0.3 is 0 Å². The highest BCUT2D eigenvalue weighted by molar-refractivity contribution is 6.19. The van der Waals surface area contributed by atoms with Gasteiger partial charge in [-0.15, -0.1) is 0 Å². The Morgan fingerprint density at radius 3 is 1.95 bits per heavy atom. The SMILES string of the molecule is [2H]c1c([2H])c([2H])c2c(c1[2H])-c1c(N(c3c([2H])c([2H])c([2H])c(-n4c5c([2H])c([2H])c([2H])c([2H])c5c5c([2H])c([2H])c([2H])c([2H])c54)c3[2H])c3c([2H])c([2H])c(-c4c([2H])c([2H])c([2H])c5c([2H])c([2H])c([2H])c([2H])c45)c4oc5c([2H])c([2H])c([2H])c([2H])c5c34)c([2H])c([2H])c([2H])c1C2(C)C. The molecule has 12 rings (SSSR count). The molecule has 0 saturated heterocycles. The van der Waals surface area contributed by atoms with Crippen LogP contribution in [0.5, 0.6) is 0 Å². The van der Waals surface area contributed by atoms with Crippen molar-refractivity contribution in [3.05, 3.63) is 204 Å². The number of benzene rings is 9. The van der Waals surface area contributed by atoms with Gasteiger partial charge in [-0.1, -0.05) is 153 Å². The number of furan rings is 1. The van der Waals surface area contributed by atoms with E-state index >= 15 is 0 Å². The van der Waals surface area contributed by atoms with E-state index < -0.39 is 298 Å². The number of rotatable bonds is 5. The molecular weight excluding hydrogens is 705 g/mol. The van der Waals surface area contributed by atoms with Gasteiger partial charge in [0, 0.05) is 44.1 Å². The van der Waals surface area contributed by atoms with Crippen molar-refractivity contribution in [1.82, 2.24) is 4.57 Å². The molecule has 0 radical (unpaired) electrons. The van der Waals surface area contributed by atoms with Crippen LogP contribution < -0.4 is 4.90 Å². The van der Waals surface area contributed by atoms with Crippen molar-refractivity contribution in [3.63, 3.8) is 0 Å². The summed E-state index contributed by atoms with van der Waals surface area (Å²) in [5.41, 5.74) is -12.4. The summed E-state index contributed by atoms with van der Waals surface area (Å²) in [7, 11) is 0. The highest BCUT2D eigenvalue weighted by atomic mass is 16.3. The normalized spacial score (nSPS) is 20.9. The van der Waals surface area contributed by atoms with E-state index in [9.17, 15) is 23.3 Å². The molecule has 0 amide bonds. The van der Waals surface area contributed by atoms with E-state index in [-0.39, 0.29) is 11.1 Å². The Hall–Kier alpha value is -7.36. The van der Waals surface area contributed by atoms with Crippen LogP contribution in [0.4, 0.5) is 17.1 Å². The van der Waals surface area contributed by atoms with Crippen molar-refractivity contribution in [3.8, 4) is 27.9 Å². The van der Waals surface area contributed by atoms with E-state index in [0.29, 0.717) is 9.47 Å². The lowest BCUT2D eigenvalue weighted by Crippen LogP contribution is -2.16. The molecular formula is C55H38N2O. The smallest absolute Gasteiger partial charge is 0.145 e. The second-order valence-corrected chi connectivity index (χ2v) is 13.6. The average Bonchev–Trinajstić information content (AvgIpc) is 1.42. The van der Waals surface area contributed by atoms with Gasteiger partial charge in [0.05, 0.1) is 71.7 Å². The van der Waals surface area contributed by atoms with Crippen molar-refractivity contribution >= 4 is 71.6 Å². The predicted molar refractivity (Wildman–Crippen MR) is 243 cm³/mol. The molecule has 0 fully saturated rings. The third-order valence-corrected chi connectivity index (χ3v) is 10.2. The van der Waals surface area contributed by atoms with Crippen LogP contribution >= 0.6 is 0 Å². The van der Waals surface area contributed by atoms with E-state index in [1.165, 1.54) is 13.8 Å². The Bertz CT molecular complexity index is 5230. The second kappa shape index (κ2) is 12.3. The molecule has 3 nitrogen and oxygen atoms in total. The minimum absolute atomic E-state index is 0.253. The van der Waals surface area contributed by atoms with Crippen LogP contribution in [-0.4, -0.2) is 4.57 Å². The Kier molecular flexibility index (Phi) is 3.02. The fourth-order valence-corrected chi connectivity index (χ4v) is 7.70. The van der Waals surface area contributed by atoms with E-state index in [1.54, 1.807) is 0 Å². The van der Waals surface area contributed by atoms with E-state index in [1.807, 2.05) is 0 Å². The van der Waals surface area contributed by atoms with Crippen molar-refractivity contribution in [2.24, 2.45) is 0 Å². The molecule has 1 aliphatic carbocycles. The largest absolute Gasteiger partial charge is 0.455 e. The summed E-state index contributed by atoms with van der Waals surface area (Å²) in [6, 6.07) is -31.6. The van der Waals surface area contributed by atoms with Crippen LogP contribution in [-0.2, 0) is 5.41 Å². The summed E-state index contributed by atoms with van der Waals surface area (Å²) < 4.78 is 304. The zero-order valence-electron chi connectivity index (χ0n) is 61.8. The number of hydrogen-bond acceptors (Lipinski definition) is 2. The highest BCUT2D eigenvalue weighted by Crippen LogP contribution is 2.56. The Balaban J connectivity index is 1.42. The summed E-state index contributed by atoms with van der Waals surface area (Å²) >= 11 is 0. The number of aromatic nitrogens is 1. The summed E-state index contributed by atoms with van der Waals surface area (Å²) in [6.07, 6.45) is 0. The Morgan fingerprint density at radius 2 is 1.12 bits per heavy atom. The van der Waals surface area contributed by atoms with Crippen molar-refractivity contribution in [1.29, 1.82) is 0 Å². The van der Waals surface area contributed by atoms with Crippen LogP contribution in [0, 0.1) is 0 Å². The molecule has 274 valence electrons. The molecule has 0 N–H and O–H groups in total. The van der Waals surface area contributed by atoms with Gasteiger partial charge in [0.1, 0.15) is 11.2 Å². The van der Waals surface area contributed by atoms with Gasteiger partial charge in [-0.3, -0.25) is 0 Å². The molecule has 2 aromatic heterocycles. The van der Waals surface area contributed by atoms with Gasteiger partial charge in [-0.2, -0.15) is 0 Å². The number of fused-ring (bicyclic) bond motifs is 10. The minimum atomic E-state index is -1.80. The van der Waals surface area contributed by atoms with Crippen molar-refractivity contribution < 1.29 is 48.3 Å². The van der Waals surface area contributed by atoms with Gasteiger partial charge in [0.15, 0.2) is 0 Å². The van der Waals surface area contributed by atoms with Crippen LogP contribution in [0.1, 0.15) is 68.8 Å². The van der Waals surface area contributed by atoms with Gasteiger partial charge in [0.25, 0.3) is 0 Å². The van der Waals surface area contributed by atoms with Crippen LogP contribution in [0.15, 0.2) is 198 Å². The summed E-state index contributed by atoms with van der Waals surface area (Å²) in [4.78, 5) is 0.562. The molecule has 58 heavy (non-hydrogen) atoms. The zero-order chi connectivity index (χ0) is 66.4. The molecule has 9 aromatic carbocycles. The molecule has 0 spiro atoms. The van der Waals surface area contributed by atoms with Gasteiger partial charge in [-0.25, -0.2) is 0 Å². The molecule has 0 unspecified atom stereocenters. The number of nitrogens with zero attached hydrogens (tertiary/aromatic N) is 2. The van der Waals surface area contributed by atoms with E-state index in [2.05, 4.69) is 0 Å². The topological polar surface area (TPSA) is 21.3 Å². The quantitative estimate of drug-likeness (QED) is 0.174. The lowest BCUT2D eigenvalue weighted by molar-refractivity contribution is 0.660. The number of hydrogen-bond donors (Lipinski definition) is 0. The number of anilines is 3. The van der Waals surface area contributed by atoms with E-state index in [4.69, 9.17) is 25.0 Å². The first-order valence-electron chi connectivity index (χ1n) is 33.5. The first kappa shape index (κ1) is 14.2. The second-order valence-electron chi connectivity index (χ2n) is 13.6. The molecule has 11 aromatic rings. The van der Waals surface area contributed by atoms with Gasteiger partial charge in [0.2, 0.25) is 0 Å². The van der Waals surface area contributed by atoms with E-state index in [0.717, 1.165) is 0 Å². The summed E-state index contributed by atoms with van der Waals surface area (Å²) in [6.45, 7) is 2.82. The van der Waals surface area contributed by atoms with Crippen LogP contribution in [0.25, 0.3) is 82.5 Å². The molecule has 0 bridgehead atoms. The lowest BCUT2D eigenvalue weighted by atomic mass is 9.82. The molecule has 3 heteroatoms. The molecule has 0 atom stereocenters. The maximum absolute atomic E-state index is 10.5. The maximum atomic E-state index is 10.5.